The Hall–Kier alpha value is -1.36. The fourth-order valence-electron chi connectivity index (χ4n) is 2.99. The summed E-state index contributed by atoms with van der Waals surface area (Å²) in [6.07, 6.45) is 8.10. The van der Waals surface area contributed by atoms with Gasteiger partial charge in [0.1, 0.15) is 0 Å². The third-order valence-electron chi connectivity index (χ3n) is 4.15. The first-order valence-corrected chi connectivity index (χ1v) is 8.01. The summed E-state index contributed by atoms with van der Waals surface area (Å²) in [5, 5.41) is 0. The van der Waals surface area contributed by atoms with Crippen molar-refractivity contribution in [1.82, 2.24) is 9.80 Å². The van der Waals surface area contributed by atoms with Crippen molar-refractivity contribution in [2.75, 3.05) is 39.3 Å². The monoisotopic (exact) mass is 294 g/mol. The highest BCUT2D eigenvalue weighted by atomic mass is 16.5. The second-order valence-corrected chi connectivity index (χ2v) is 5.79. The van der Waals surface area contributed by atoms with Crippen LogP contribution in [0.25, 0.3) is 0 Å². The molecule has 118 valence electrons. The number of hydrogen-bond donors (Lipinski definition) is 0. The summed E-state index contributed by atoms with van der Waals surface area (Å²) >= 11 is 0. The van der Waals surface area contributed by atoms with E-state index in [1.165, 1.54) is 0 Å². The molecule has 1 atom stereocenters. The lowest BCUT2D eigenvalue weighted by atomic mass is 10.0. The Kier molecular flexibility index (Phi) is 6.23. The molecule has 1 fully saturated rings. The molecule has 0 radical (unpaired) electrons. The summed E-state index contributed by atoms with van der Waals surface area (Å²) in [6.45, 7) is 5.70. The molecule has 0 aromatic rings. The first kappa shape index (κ1) is 16.0. The molecule has 1 aliphatic carbocycles. The summed E-state index contributed by atoms with van der Waals surface area (Å²) in [4.78, 5) is 27.9. The molecule has 2 rings (SSSR count). The molecule has 1 saturated heterocycles. The molecule has 0 saturated carbocycles. The van der Waals surface area contributed by atoms with Crippen LogP contribution < -0.4 is 0 Å². The lowest BCUT2D eigenvalue weighted by Crippen LogP contribution is -2.37. The van der Waals surface area contributed by atoms with Crippen molar-refractivity contribution in [3.63, 3.8) is 0 Å². The molecule has 0 aromatic heterocycles. The van der Waals surface area contributed by atoms with Crippen LogP contribution in [0.4, 0.5) is 0 Å². The first-order valence-electron chi connectivity index (χ1n) is 8.01. The lowest BCUT2D eigenvalue weighted by Gasteiger charge is -2.22. The van der Waals surface area contributed by atoms with Crippen LogP contribution in [-0.4, -0.2) is 61.0 Å². The molecule has 1 aliphatic heterocycles. The summed E-state index contributed by atoms with van der Waals surface area (Å²) < 4.78 is 4.98. The van der Waals surface area contributed by atoms with E-state index in [0.717, 1.165) is 38.9 Å². The number of carbonyl (C=O) groups is 2. The van der Waals surface area contributed by atoms with Gasteiger partial charge in [-0.15, -0.1) is 0 Å². The lowest BCUT2D eigenvalue weighted by molar-refractivity contribution is -0.144. The fourth-order valence-corrected chi connectivity index (χ4v) is 2.99. The summed E-state index contributed by atoms with van der Waals surface area (Å²) in [6, 6.07) is 0. The van der Waals surface area contributed by atoms with Crippen molar-refractivity contribution >= 4 is 11.9 Å². The van der Waals surface area contributed by atoms with Gasteiger partial charge in [0, 0.05) is 32.6 Å². The van der Waals surface area contributed by atoms with Gasteiger partial charge in [-0.05, 0) is 32.1 Å². The summed E-state index contributed by atoms with van der Waals surface area (Å²) in [7, 11) is 0. The molecule has 0 bridgehead atoms. The van der Waals surface area contributed by atoms with Crippen molar-refractivity contribution in [2.24, 2.45) is 5.92 Å². The predicted octanol–water partition coefficient (Wildman–Crippen LogP) is 1.44. The van der Waals surface area contributed by atoms with E-state index in [0.29, 0.717) is 32.0 Å². The molecule has 5 nitrogen and oxygen atoms in total. The molecule has 1 amide bonds. The van der Waals surface area contributed by atoms with Gasteiger partial charge in [0.15, 0.2) is 0 Å². The van der Waals surface area contributed by atoms with Crippen molar-refractivity contribution in [3.05, 3.63) is 12.2 Å². The van der Waals surface area contributed by atoms with Crippen LogP contribution in [0.3, 0.4) is 0 Å². The average Bonchev–Trinajstić information content (AvgIpc) is 2.84. The van der Waals surface area contributed by atoms with E-state index in [9.17, 15) is 9.59 Å². The van der Waals surface area contributed by atoms with E-state index in [1.807, 2.05) is 11.8 Å². The van der Waals surface area contributed by atoms with E-state index in [2.05, 4.69) is 17.1 Å². The smallest absolute Gasteiger partial charge is 0.320 e. The van der Waals surface area contributed by atoms with Crippen LogP contribution in [0.2, 0.25) is 0 Å². The fraction of sp³-hybridized carbons (Fsp3) is 0.750. The van der Waals surface area contributed by atoms with Gasteiger partial charge in [-0.1, -0.05) is 12.2 Å². The largest absolute Gasteiger partial charge is 0.465 e. The van der Waals surface area contributed by atoms with Crippen molar-refractivity contribution in [1.29, 1.82) is 0 Å². The Morgan fingerprint density at radius 2 is 2.10 bits per heavy atom. The van der Waals surface area contributed by atoms with Crippen LogP contribution in [0, 0.1) is 5.92 Å². The van der Waals surface area contributed by atoms with E-state index in [4.69, 9.17) is 4.74 Å². The average molecular weight is 294 g/mol. The van der Waals surface area contributed by atoms with Gasteiger partial charge in [-0.3, -0.25) is 14.5 Å². The molecule has 2 aliphatic rings. The highest BCUT2D eigenvalue weighted by Gasteiger charge is 2.23. The number of nitrogens with zero attached hydrogens (tertiary/aromatic N) is 2. The molecule has 1 heterocycles. The quantitative estimate of drug-likeness (QED) is 0.569. The van der Waals surface area contributed by atoms with Crippen molar-refractivity contribution < 1.29 is 14.3 Å². The number of ether oxygens (including phenoxy) is 1. The minimum atomic E-state index is -0.173. The third kappa shape index (κ3) is 5.16. The van der Waals surface area contributed by atoms with Crippen LogP contribution in [-0.2, 0) is 14.3 Å². The maximum atomic E-state index is 12.3. The van der Waals surface area contributed by atoms with Crippen LogP contribution in [0.15, 0.2) is 12.2 Å². The van der Waals surface area contributed by atoms with Crippen molar-refractivity contribution in [3.8, 4) is 0 Å². The first-order chi connectivity index (χ1) is 10.2. The van der Waals surface area contributed by atoms with Gasteiger partial charge in [0.05, 0.1) is 13.2 Å². The second-order valence-electron chi connectivity index (χ2n) is 5.79. The van der Waals surface area contributed by atoms with Gasteiger partial charge in [-0.25, -0.2) is 0 Å². The topological polar surface area (TPSA) is 49.9 Å². The molecule has 1 unspecified atom stereocenters. The van der Waals surface area contributed by atoms with Crippen molar-refractivity contribution in [2.45, 2.75) is 32.6 Å². The third-order valence-corrected chi connectivity index (χ3v) is 4.15. The van der Waals surface area contributed by atoms with Gasteiger partial charge in [-0.2, -0.15) is 0 Å². The Morgan fingerprint density at radius 3 is 2.81 bits per heavy atom. The van der Waals surface area contributed by atoms with Crippen LogP contribution in [0.1, 0.15) is 32.6 Å². The summed E-state index contributed by atoms with van der Waals surface area (Å²) in [5.41, 5.74) is 0. The predicted molar refractivity (Wildman–Crippen MR) is 80.8 cm³/mol. The van der Waals surface area contributed by atoms with E-state index >= 15 is 0 Å². The normalized spacial score (nSPS) is 23.1. The zero-order valence-electron chi connectivity index (χ0n) is 12.9. The zero-order valence-corrected chi connectivity index (χ0v) is 12.9. The molecule has 0 N–H and O–H groups in total. The highest BCUT2D eigenvalue weighted by Crippen LogP contribution is 2.21. The number of allylic oxidation sites excluding steroid dienone is 2. The number of rotatable bonds is 5. The number of esters is 1. The Labute approximate surface area is 126 Å². The molecular formula is C16H26N2O3. The minimum absolute atomic E-state index is 0.173. The maximum absolute atomic E-state index is 12.3. The SMILES string of the molecule is CCOC(=O)CN1CCCN(C(=O)CC2C=CCC2)CC1. The van der Waals surface area contributed by atoms with Gasteiger partial charge in [0.25, 0.3) is 0 Å². The molecule has 21 heavy (non-hydrogen) atoms. The summed E-state index contributed by atoms with van der Waals surface area (Å²) in [5.74, 6) is 0.509. The van der Waals surface area contributed by atoms with Crippen LogP contribution >= 0.6 is 0 Å². The molecule has 0 aromatic carbocycles. The highest BCUT2D eigenvalue weighted by molar-refractivity contribution is 5.76. The Bertz CT molecular complexity index is 395. The van der Waals surface area contributed by atoms with Gasteiger partial charge < -0.3 is 9.64 Å². The zero-order chi connectivity index (χ0) is 15.1. The second kappa shape index (κ2) is 8.17. The Morgan fingerprint density at radius 1 is 1.24 bits per heavy atom. The Balaban J connectivity index is 1.75. The van der Waals surface area contributed by atoms with Crippen LogP contribution in [0.5, 0.6) is 0 Å². The van der Waals surface area contributed by atoms with E-state index in [-0.39, 0.29) is 11.9 Å². The molecule has 5 heteroatoms. The van der Waals surface area contributed by atoms with E-state index in [1.54, 1.807) is 0 Å². The maximum Gasteiger partial charge on any atom is 0.320 e. The minimum Gasteiger partial charge on any atom is -0.465 e. The molecular weight excluding hydrogens is 268 g/mol. The van der Waals surface area contributed by atoms with Gasteiger partial charge >= 0.3 is 5.97 Å². The number of hydrogen-bond acceptors (Lipinski definition) is 4. The van der Waals surface area contributed by atoms with Gasteiger partial charge in [0.2, 0.25) is 5.91 Å². The number of carbonyl (C=O) groups excluding carboxylic acids is 2. The number of amides is 1. The van der Waals surface area contributed by atoms with E-state index < -0.39 is 0 Å². The standard InChI is InChI=1S/C16H26N2O3/c1-2-21-16(20)13-17-8-5-9-18(11-10-17)15(19)12-14-6-3-4-7-14/h3,6,14H,2,4-5,7-13H2,1H3. The molecule has 0 spiro atoms.